The average molecular weight is 381 g/mol. The molecule has 0 amide bonds. The summed E-state index contributed by atoms with van der Waals surface area (Å²) in [6, 6.07) is 4.33. The molecule has 140 valence electrons. The minimum Gasteiger partial charge on any atom is -0.481 e. The van der Waals surface area contributed by atoms with Crippen LogP contribution in [0, 0.1) is 12.8 Å². The monoisotopic (exact) mass is 381 g/mol. The molecule has 0 aliphatic carbocycles. The standard InChI is InChI=1S/C17H19NO7S/c1-3-24-17(21)15-10(2)13-8-12(4-5-14(13)25-15)26(22,23)18-7-6-11(9-18)16(19)20/h4-5,8,11H,3,6-7,9H2,1-2H3,(H,19,20). The van der Waals surface area contributed by atoms with Gasteiger partial charge in [-0.1, -0.05) is 0 Å². The van der Waals surface area contributed by atoms with Gasteiger partial charge in [0.15, 0.2) is 0 Å². The van der Waals surface area contributed by atoms with Crippen molar-refractivity contribution in [2.75, 3.05) is 19.7 Å². The van der Waals surface area contributed by atoms with Gasteiger partial charge >= 0.3 is 11.9 Å². The van der Waals surface area contributed by atoms with E-state index in [9.17, 15) is 18.0 Å². The number of carbonyl (C=O) groups is 2. The zero-order valence-corrected chi connectivity index (χ0v) is 15.2. The van der Waals surface area contributed by atoms with Gasteiger partial charge in [-0.05, 0) is 38.5 Å². The fourth-order valence-corrected chi connectivity index (χ4v) is 4.58. The second-order valence-corrected chi connectivity index (χ2v) is 8.06. The Balaban J connectivity index is 1.97. The molecular weight excluding hydrogens is 362 g/mol. The molecule has 26 heavy (non-hydrogen) atoms. The van der Waals surface area contributed by atoms with Gasteiger partial charge in [-0.2, -0.15) is 4.31 Å². The van der Waals surface area contributed by atoms with E-state index in [1.165, 1.54) is 22.5 Å². The van der Waals surface area contributed by atoms with Crippen LogP contribution in [0.2, 0.25) is 0 Å². The molecule has 1 aromatic carbocycles. The number of fused-ring (bicyclic) bond motifs is 1. The first kappa shape index (κ1) is 18.4. The molecule has 1 N–H and O–H groups in total. The van der Waals surface area contributed by atoms with Crippen molar-refractivity contribution < 1.29 is 32.3 Å². The number of aryl methyl sites for hydroxylation is 1. The molecule has 0 saturated carbocycles. The number of rotatable bonds is 5. The van der Waals surface area contributed by atoms with Gasteiger partial charge in [0.25, 0.3) is 0 Å². The summed E-state index contributed by atoms with van der Waals surface area (Å²) >= 11 is 0. The molecule has 0 radical (unpaired) electrons. The molecule has 0 bridgehead atoms. The number of carboxylic acids is 1. The SMILES string of the molecule is CCOC(=O)c1oc2ccc(S(=O)(=O)N3CCC(C(=O)O)C3)cc2c1C. The molecule has 1 saturated heterocycles. The Morgan fingerprint density at radius 1 is 1.38 bits per heavy atom. The van der Waals surface area contributed by atoms with E-state index in [1.54, 1.807) is 13.8 Å². The molecule has 1 fully saturated rings. The van der Waals surface area contributed by atoms with Crippen LogP contribution < -0.4 is 0 Å². The lowest BCUT2D eigenvalue weighted by Gasteiger charge is -2.16. The summed E-state index contributed by atoms with van der Waals surface area (Å²) in [5.41, 5.74) is 0.884. The number of ether oxygens (including phenoxy) is 1. The van der Waals surface area contributed by atoms with Gasteiger partial charge in [0, 0.05) is 24.0 Å². The summed E-state index contributed by atoms with van der Waals surface area (Å²) in [6.45, 7) is 3.66. The summed E-state index contributed by atoms with van der Waals surface area (Å²) in [7, 11) is -3.82. The fraction of sp³-hybridized carbons (Fsp3) is 0.412. The summed E-state index contributed by atoms with van der Waals surface area (Å²) in [5.74, 6) is -2.25. The number of carboxylic acid groups (broad SMARTS) is 1. The molecule has 1 aliphatic heterocycles. The van der Waals surface area contributed by atoms with Crippen LogP contribution in [0.4, 0.5) is 0 Å². The highest BCUT2D eigenvalue weighted by atomic mass is 32.2. The Hall–Kier alpha value is -2.39. The van der Waals surface area contributed by atoms with Gasteiger partial charge in [-0.25, -0.2) is 13.2 Å². The van der Waals surface area contributed by atoms with Crippen LogP contribution in [0.5, 0.6) is 0 Å². The van der Waals surface area contributed by atoms with E-state index in [0.29, 0.717) is 16.5 Å². The molecule has 9 heteroatoms. The first-order valence-corrected chi connectivity index (χ1v) is 9.63. The Kier molecular flexibility index (Phi) is 4.76. The first-order valence-electron chi connectivity index (χ1n) is 8.19. The summed E-state index contributed by atoms with van der Waals surface area (Å²) in [4.78, 5) is 23.0. The number of hydrogen-bond acceptors (Lipinski definition) is 6. The van der Waals surface area contributed by atoms with Crippen molar-refractivity contribution in [2.24, 2.45) is 5.92 Å². The molecule has 8 nitrogen and oxygen atoms in total. The van der Waals surface area contributed by atoms with Crippen molar-refractivity contribution in [3.8, 4) is 0 Å². The van der Waals surface area contributed by atoms with Crippen LogP contribution >= 0.6 is 0 Å². The smallest absolute Gasteiger partial charge is 0.374 e. The first-order chi connectivity index (χ1) is 12.3. The molecular formula is C17H19NO7S. The quantitative estimate of drug-likeness (QED) is 0.788. The second-order valence-electron chi connectivity index (χ2n) is 6.12. The maximum absolute atomic E-state index is 12.8. The van der Waals surface area contributed by atoms with E-state index in [2.05, 4.69) is 0 Å². The number of benzene rings is 1. The van der Waals surface area contributed by atoms with E-state index in [4.69, 9.17) is 14.3 Å². The number of hydrogen-bond donors (Lipinski definition) is 1. The van der Waals surface area contributed by atoms with Crippen molar-refractivity contribution in [1.29, 1.82) is 0 Å². The highest BCUT2D eigenvalue weighted by molar-refractivity contribution is 7.89. The second kappa shape index (κ2) is 6.73. The normalized spacial score (nSPS) is 18.3. The van der Waals surface area contributed by atoms with Crippen molar-refractivity contribution in [3.05, 3.63) is 29.5 Å². The third kappa shape index (κ3) is 3.08. The Morgan fingerprint density at radius 2 is 2.12 bits per heavy atom. The molecule has 1 aromatic heterocycles. The molecule has 3 rings (SSSR count). The van der Waals surface area contributed by atoms with Gasteiger partial charge in [-0.15, -0.1) is 0 Å². The molecule has 2 heterocycles. The zero-order chi connectivity index (χ0) is 19.1. The van der Waals surface area contributed by atoms with Gasteiger partial charge in [-0.3, -0.25) is 4.79 Å². The van der Waals surface area contributed by atoms with E-state index in [0.717, 1.165) is 0 Å². The lowest BCUT2D eigenvalue weighted by atomic mass is 10.1. The number of furan rings is 1. The predicted molar refractivity (Wildman–Crippen MR) is 91.4 cm³/mol. The van der Waals surface area contributed by atoms with Crippen molar-refractivity contribution in [2.45, 2.75) is 25.2 Å². The van der Waals surface area contributed by atoms with Gasteiger partial charge in [0.2, 0.25) is 15.8 Å². The molecule has 2 aromatic rings. The highest BCUT2D eigenvalue weighted by Crippen LogP contribution is 2.31. The zero-order valence-electron chi connectivity index (χ0n) is 14.4. The third-order valence-corrected chi connectivity index (χ3v) is 6.37. The van der Waals surface area contributed by atoms with Gasteiger partial charge in [0.05, 0.1) is 17.4 Å². The highest BCUT2D eigenvalue weighted by Gasteiger charge is 2.36. The Morgan fingerprint density at radius 3 is 2.73 bits per heavy atom. The van der Waals surface area contributed by atoms with Crippen LogP contribution in [0.1, 0.15) is 29.5 Å². The van der Waals surface area contributed by atoms with Crippen molar-refractivity contribution >= 4 is 32.9 Å². The van der Waals surface area contributed by atoms with Gasteiger partial charge < -0.3 is 14.3 Å². The molecule has 1 atom stereocenters. The average Bonchev–Trinajstić information content (AvgIpc) is 3.21. The lowest BCUT2D eigenvalue weighted by molar-refractivity contribution is -0.141. The summed E-state index contributed by atoms with van der Waals surface area (Å²) in [5, 5.41) is 9.57. The lowest BCUT2D eigenvalue weighted by Crippen LogP contribution is -2.30. The molecule has 1 aliphatic rings. The molecule has 1 unspecified atom stereocenters. The van der Waals surface area contributed by atoms with E-state index >= 15 is 0 Å². The fourth-order valence-electron chi connectivity index (χ4n) is 3.05. The van der Waals surface area contributed by atoms with Crippen LogP contribution in [-0.4, -0.2) is 49.5 Å². The van der Waals surface area contributed by atoms with Crippen molar-refractivity contribution in [1.82, 2.24) is 4.31 Å². The van der Waals surface area contributed by atoms with Crippen LogP contribution in [0.15, 0.2) is 27.5 Å². The number of esters is 1. The number of nitrogens with zero attached hydrogens (tertiary/aromatic N) is 1. The van der Waals surface area contributed by atoms with E-state index in [-0.39, 0.29) is 36.8 Å². The topological polar surface area (TPSA) is 114 Å². The molecule has 0 spiro atoms. The minimum atomic E-state index is -3.82. The maximum atomic E-state index is 12.8. The van der Waals surface area contributed by atoms with Crippen LogP contribution in [0.25, 0.3) is 11.0 Å². The van der Waals surface area contributed by atoms with Crippen LogP contribution in [-0.2, 0) is 19.6 Å². The summed E-state index contributed by atoms with van der Waals surface area (Å²) in [6.07, 6.45) is 0.286. The largest absolute Gasteiger partial charge is 0.481 e. The predicted octanol–water partition coefficient (Wildman–Crippen LogP) is 2.01. The van der Waals surface area contributed by atoms with Crippen LogP contribution in [0.3, 0.4) is 0 Å². The Labute approximate surface area is 150 Å². The number of carbonyl (C=O) groups excluding carboxylic acids is 1. The van der Waals surface area contributed by atoms with Gasteiger partial charge in [0.1, 0.15) is 5.58 Å². The maximum Gasteiger partial charge on any atom is 0.374 e. The Bertz CT molecular complexity index is 976. The number of sulfonamides is 1. The number of aliphatic carboxylic acids is 1. The third-order valence-electron chi connectivity index (χ3n) is 4.51. The summed E-state index contributed by atoms with van der Waals surface area (Å²) < 4.78 is 37.2. The van der Waals surface area contributed by atoms with E-state index < -0.39 is 27.9 Å². The minimum absolute atomic E-state index is 0.0374. The van der Waals surface area contributed by atoms with E-state index in [1.807, 2.05) is 0 Å². The van der Waals surface area contributed by atoms with Crippen molar-refractivity contribution in [3.63, 3.8) is 0 Å².